The van der Waals surface area contributed by atoms with Crippen LogP contribution in [0.4, 0.5) is 9.80 Å². The zero-order valence-corrected chi connectivity index (χ0v) is 12.3. The van der Waals surface area contributed by atoms with Gasteiger partial charge in [-0.2, -0.15) is 0 Å². The summed E-state index contributed by atoms with van der Waals surface area (Å²) in [5.41, 5.74) is 2.85. The first-order valence-corrected chi connectivity index (χ1v) is 7.29. The summed E-state index contributed by atoms with van der Waals surface area (Å²) in [6.07, 6.45) is 4.80. The highest BCUT2D eigenvalue weighted by Gasteiger charge is 2.30. The molecule has 0 saturated carbocycles. The Morgan fingerprint density at radius 2 is 2.16 bits per heavy atom. The number of allylic oxidation sites excluding steroid dienone is 1. The van der Waals surface area contributed by atoms with Gasteiger partial charge in [0.25, 0.3) is 0 Å². The first-order chi connectivity index (χ1) is 9.13. The molecule has 0 atom stereocenters. The van der Waals surface area contributed by atoms with Crippen LogP contribution >= 0.6 is 11.3 Å². The molecule has 0 unspecified atom stereocenters. The van der Waals surface area contributed by atoms with Crippen LogP contribution in [0.5, 0.6) is 0 Å². The Morgan fingerprint density at radius 1 is 1.42 bits per heavy atom. The summed E-state index contributed by atoms with van der Waals surface area (Å²) in [5.74, 6) is 0. The first-order valence-electron chi connectivity index (χ1n) is 6.47. The van der Waals surface area contributed by atoms with Crippen molar-refractivity contribution in [2.75, 3.05) is 11.9 Å². The molecule has 0 aromatic carbocycles. The van der Waals surface area contributed by atoms with Crippen molar-refractivity contribution in [3.63, 3.8) is 0 Å². The van der Waals surface area contributed by atoms with Crippen molar-refractivity contribution in [3.05, 3.63) is 22.1 Å². The molecule has 0 saturated heterocycles. The largest absolute Gasteiger partial charge is 0.326 e. The summed E-state index contributed by atoms with van der Waals surface area (Å²) in [6, 6.07) is -0.104. The molecule has 4 nitrogen and oxygen atoms in total. The van der Waals surface area contributed by atoms with E-state index in [-0.39, 0.29) is 6.03 Å². The standard InChI is InChI=1S/C14H18N2O2S/c1-4-6-7-16-10(5-2)12-9(3)11(8-17)19-13(12)15-14(16)18/h5,8H,4,6-7H2,1-3H3,(H,15,18)/b10-5+. The second-order valence-electron chi connectivity index (χ2n) is 4.52. The molecule has 0 fully saturated rings. The molecule has 2 rings (SSSR count). The van der Waals surface area contributed by atoms with Crippen molar-refractivity contribution in [2.24, 2.45) is 0 Å². The Bertz CT molecular complexity index is 546. The number of carbonyl (C=O) groups is 2. The maximum atomic E-state index is 12.1. The summed E-state index contributed by atoms with van der Waals surface area (Å²) in [7, 11) is 0. The molecular weight excluding hydrogens is 260 g/mol. The van der Waals surface area contributed by atoms with E-state index in [0.29, 0.717) is 11.4 Å². The molecule has 0 aliphatic carbocycles. The van der Waals surface area contributed by atoms with Gasteiger partial charge in [-0.25, -0.2) is 4.79 Å². The van der Waals surface area contributed by atoms with Gasteiger partial charge in [0.05, 0.1) is 10.6 Å². The van der Waals surface area contributed by atoms with E-state index in [9.17, 15) is 9.59 Å². The Balaban J connectivity index is 2.47. The smallest absolute Gasteiger partial charge is 0.298 e. The Morgan fingerprint density at radius 3 is 2.74 bits per heavy atom. The van der Waals surface area contributed by atoms with Crippen molar-refractivity contribution >= 4 is 34.4 Å². The number of nitrogens with zero attached hydrogens (tertiary/aromatic N) is 1. The summed E-state index contributed by atoms with van der Waals surface area (Å²) < 4.78 is 0. The number of hydrogen-bond donors (Lipinski definition) is 1. The third-order valence-corrected chi connectivity index (χ3v) is 4.44. The number of nitrogens with one attached hydrogen (secondary N) is 1. The molecule has 0 bridgehead atoms. The van der Waals surface area contributed by atoms with E-state index < -0.39 is 0 Å². The molecular formula is C14H18N2O2S. The highest BCUT2D eigenvalue weighted by Crippen LogP contribution is 2.41. The Hall–Kier alpha value is -1.62. The van der Waals surface area contributed by atoms with Crippen molar-refractivity contribution < 1.29 is 9.59 Å². The van der Waals surface area contributed by atoms with E-state index in [2.05, 4.69) is 12.2 Å². The van der Waals surface area contributed by atoms with E-state index in [1.165, 1.54) is 11.3 Å². The van der Waals surface area contributed by atoms with Crippen molar-refractivity contribution in [2.45, 2.75) is 33.6 Å². The Labute approximate surface area is 117 Å². The molecule has 0 radical (unpaired) electrons. The monoisotopic (exact) mass is 278 g/mol. The molecule has 2 amide bonds. The quantitative estimate of drug-likeness (QED) is 0.850. The summed E-state index contributed by atoms with van der Waals surface area (Å²) >= 11 is 1.34. The lowest BCUT2D eigenvalue weighted by atomic mass is 10.1. The van der Waals surface area contributed by atoms with Crippen LogP contribution in [0.1, 0.15) is 47.5 Å². The topological polar surface area (TPSA) is 49.4 Å². The van der Waals surface area contributed by atoms with Crippen molar-refractivity contribution in [3.8, 4) is 0 Å². The minimum absolute atomic E-state index is 0.104. The zero-order valence-electron chi connectivity index (χ0n) is 11.4. The van der Waals surface area contributed by atoms with Gasteiger partial charge in [0.15, 0.2) is 6.29 Å². The molecule has 1 N–H and O–H groups in total. The van der Waals surface area contributed by atoms with Gasteiger partial charge in [0, 0.05) is 12.1 Å². The van der Waals surface area contributed by atoms with Crippen LogP contribution in [0, 0.1) is 6.92 Å². The molecule has 102 valence electrons. The van der Waals surface area contributed by atoms with Crippen molar-refractivity contribution in [1.29, 1.82) is 0 Å². The second kappa shape index (κ2) is 5.57. The number of thiophene rings is 1. The molecule has 19 heavy (non-hydrogen) atoms. The molecule has 1 aliphatic rings. The number of rotatable bonds is 4. The highest BCUT2D eigenvalue weighted by molar-refractivity contribution is 7.18. The second-order valence-corrected chi connectivity index (χ2v) is 5.57. The van der Waals surface area contributed by atoms with Gasteiger partial charge in [0.2, 0.25) is 0 Å². The van der Waals surface area contributed by atoms with Crippen LogP contribution in [0.3, 0.4) is 0 Å². The van der Waals surface area contributed by atoms with Crippen LogP contribution in [-0.4, -0.2) is 23.8 Å². The average Bonchev–Trinajstić information content (AvgIpc) is 2.72. The van der Waals surface area contributed by atoms with Gasteiger partial charge < -0.3 is 0 Å². The third kappa shape index (κ3) is 2.30. The number of unbranched alkanes of at least 4 members (excludes halogenated alkanes) is 1. The van der Waals surface area contributed by atoms with Crippen LogP contribution in [0.2, 0.25) is 0 Å². The average molecular weight is 278 g/mol. The molecule has 5 heteroatoms. The number of urea groups is 1. The van der Waals surface area contributed by atoms with Crippen LogP contribution in [0.25, 0.3) is 5.70 Å². The van der Waals surface area contributed by atoms with E-state index in [1.807, 2.05) is 19.9 Å². The molecule has 2 heterocycles. The van der Waals surface area contributed by atoms with Crippen LogP contribution in [-0.2, 0) is 0 Å². The number of carbonyl (C=O) groups excluding carboxylic acids is 2. The lowest BCUT2D eigenvalue weighted by molar-refractivity contribution is 0.112. The van der Waals surface area contributed by atoms with E-state index in [4.69, 9.17) is 0 Å². The van der Waals surface area contributed by atoms with Crippen LogP contribution in [0.15, 0.2) is 6.08 Å². The molecule has 0 spiro atoms. The number of aldehydes is 1. The van der Waals surface area contributed by atoms with E-state index >= 15 is 0 Å². The molecule has 1 aromatic heterocycles. The predicted octanol–water partition coefficient (Wildman–Crippen LogP) is 3.88. The summed E-state index contributed by atoms with van der Waals surface area (Å²) in [5, 5.41) is 3.67. The summed E-state index contributed by atoms with van der Waals surface area (Å²) in [4.78, 5) is 25.6. The normalized spacial score (nSPS) is 16.5. The molecule has 1 aromatic rings. The van der Waals surface area contributed by atoms with Gasteiger partial charge in [0.1, 0.15) is 5.00 Å². The highest BCUT2D eigenvalue weighted by atomic mass is 32.1. The fourth-order valence-corrected chi connectivity index (χ4v) is 3.31. The predicted molar refractivity (Wildman–Crippen MR) is 78.7 cm³/mol. The third-order valence-electron chi connectivity index (χ3n) is 3.31. The van der Waals surface area contributed by atoms with Gasteiger partial charge in [-0.05, 0) is 25.8 Å². The number of hydrogen-bond acceptors (Lipinski definition) is 3. The SMILES string of the molecule is C/C=C1\c2c(sc(C=O)c2C)NC(=O)N1CCCC. The minimum Gasteiger partial charge on any atom is -0.298 e. The number of anilines is 1. The minimum atomic E-state index is -0.104. The van der Waals surface area contributed by atoms with Gasteiger partial charge in [-0.1, -0.05) is 19.4 Å². The maximum absolute atomic E-state index is 12.1. The lowest BCUT2D eigenvalue weighted by Crippen LogP contribution is -2.37. The Kier molecular flexibility index (Phi) is 4.04. The summed E-state index contributed by atoms with van der Waals surface area (Å²) in [6.45, 7) is 6.66. The zero-order chi connectivity index (χ0) is 14.0. The lowest BCUT2D eigenvalue weighted by Gasteiger charge is -2.30. The maximum Gasteiger partial charge on any atom is 0.326 e. The van der Waals surface area contributed by atoms with Crippen molar-refractivity contribution in [1.82, 2.24) is 4.90 Å². The van der Waals surface area contributed by atoms with E-state index in [1.54, 1.807) is 4.90 Å². The van der Waals surface area contributed by atoms with Gasteiger partial charge in [-0.15, -0.1) is 11.3 Å². The number of amides is 2. The molecule has 1 aliphatic heterocycles. The van der Waals surface area contributed by atoms with E-state index in [0.717, 1.165) is 41.0 Å². The number of fused-ring (bicyclic) bond motifs is 1. The fraction of sp³-hybridized carbons (Fsp3) is 0.429. The van der Waals surface area contributed by atoms with Crippen LogP contribution < -0.4 is 5.32 Å². The fourth-order valence-electron chi connectivity index (χ4n) is 2.29. The first kappa shape index (κ1) is 13.8. The van der Waals surface area contributed by atoms with Gasteiger partial charge >= 0.3 is 6.03 Å². The van der Waals surface area contributed by atoms with Gasteiger partial charge in [-0.3, -0.25) is 15.0 Å².